The number of pyridine rings is 1. The Kier molecular flexibility index (Phi) is 7.73. The SMILES string of the molecule is Cc1ccc(-c2ccc3c4ccccc4n(-c4cc(C#N)c(-c5ccncc5)cc4-n4c5ccccc5c5ccc(-c6ccc(C)cc6C)cc54)c3c2)c(C)c1. The number of fused-ring (bicyclic) bond motifs is 6. The molecule has 0 saturated heterocycles. The molecule has 3 aromatic heterocycles. The molecule has 0 amide bonds. The van der Waals surface area contributed by atoms with Crippen molar-refractivity contribution in [2.24, 2.45) is 0 Å². The molecule has 0 aliphatic rings. The fourth-order valence-corrected chi connectivity index (χ4v) is 8.87. The Morgan fingerprint density at radius 2 is 0.911 bits per heavy atom. The highest BCUT2D eigenvalue weighted by Crippen LogP contribution is 2.42. The molecular weight excluding hydrogens is 681 g/mol. The third-order valence-electron chi connectivity index (χ3n) is 11.4. The molecule has 0 atom stereocenters. The first kappa shape index (κ1) is 33.4. The van der Waals surface area contributed by atoms with Crippen molar-refractivity contribution in [3.63, 3.8) is 0 Å². The summed E-state index contributed by atoms with van der Waals surface area (Å²) in [6, 6.07) is 55.2. The summed E-state index contributed by atoms with van der Waals surface area (Å²) in [4.78, 5) is 4.31. The predicted molar refractivity (Wildman–Crippen MR) is 233 cm³/mol. The van der Waals surface area contributed by atoms with Crippen LogP contribution in [0.4, 0.5) is 0 Å². The van der Waals surface area contributed by atoms with E-state index in [9.17, 15) is 5.26 Å². The van der Waals surface area contributed by atoms with Crippen LogP contribution in [0.5, 0.6) is 0 Å². The van der Waals surface area contributed by atoms with E-state index < -0.39 is 0 Å². The third kappa shape index (κ3) is 5.24. The van der Waals surface area contributed by atoms with Gasteiger partial charge in [0.1, 0.15) is 0 Å². The van der Waals surface area contributed by atoms with Gasteiger partial charge in [0.25, 0.3) is 0 Å². The van der Waals surface area contributed by atoms with E-state index in [0.29, 0.717) is 5.56 Å². The molecular formula is C52H38N4. The fourth-order valence-electron chi connectivity index (χ4n) is 8.87. The molecule has 266 valence electrons. The van der Waals surface area contributed by atoms with Gasteiger partial charge in [-0.15, -0.1) is 0 Å². The van der Waals surface area contributed by atoms with Gasteiger partial charge >= 0.3 is 0 Å². The lowest BCUT2D eigenvalue weighted by atomic mass is 9.97. The Morgan fingerprint density at radius 1 is 0.429 bits per heavy atom. The summed E-state index contributed by atoms with van der Waals surface area (Å²) in [5, 5.41) is 15.5. The maximum Gasteiger partial charge on any atom is 0.0998 e. The molecule has 0 radical (unpaired) electrons. The molecule has 0 spiro atoms. The van der Waals surface area contributed by atoms with E-state index >= 15 is 0 Å². The minimum absolute atomic E-state index is 0.600. The van der Waals surface area contributed by atoms with E-state index in [1.807, 2.05) is 12.1 Å². The van der Waals surface area contributed by atoms with E-state index in [1.165, 1.54) is 49.7 Å². The molecule has 0 unspecified atom stereocenters. The standard InChI is InChI=1S/C52H38N4/c1-32-13-17-40(34(3)25-32)37-15-19-44-42-9-5-7-11-47(42)55(49(44)27-37)51-29-39(31-53)46(36-21-23-54-24-22-36)30-52(51)56-48-12-8-6-10-43(48)45-20-16-38(28-50(45)56)41-18-14-33(2)26-35(41)4/h5-30H,1-4H3. The minimum Gasteiger partial charge on any atom is -0.307 e. The molecule has 10 rings (SSSR count). The Bertz CT molecular complexity index is 3240. The summed E-state index contributed by atoms with van der Waals surface area (Å²) in [5.41, 5.74) is 18.4. The van der Waals surface area contributed by atoms with Gasteiger partial charge in [0.05, 0.1) is 45.1 Å². The summed E-state index contributed by atoms with van der Waals surface area (Å²) in [5.74, 6) is 0. The van der Waals surface area contributed by atoms with Gasteiger partial charge in [-0.05, 0) is 115 Å². The molecule has 4 heteroatoms. The van der Waals surface area contributed by atoms with Crippen molar-refractivity contribution < 1.29 is 0 Å². The van der Waals surface area contributed by atoms with E-state index in [0.717, 1.165) is 60.9 Å². The average molecular weight is 719 g/mol. The van der Waals surface area contributed by atoms with Crippen LogP contribution < -0.4 is 0 Å². The third-order valence-corrected chi connectivity index (χ3v) is 11.4. The second kappa shape index (κ2) is 13.0. The summed E-state index contributed by atoms with van der Waals surface area (Å²) >= 11 is 0. The number of nitriles is 1. The average Bonchev–Trinajstić information content (AvgIpc) is 3.72. The fraction of sp³-hybridized carbons (Fsp3) is 0.0769. The van der Waals surface area contributed by atoms with Crippen molar-refractivity contribution in [1.82, 2.24) is 14.1 Å². The lowest BCUT2D eigenvalue weighted by molar-refractivity contribution is 1.09. The number of nitrogens with zero attached hydrogens (tertiary/aromatic N) is 4. The molecule has 0 aliphatic carbocycles. The van der Waals surface area contributed by atoms with E-state index in [4.69, 9.17) is 0 Å². The predicted octanol–water partition coefficient (Wildman–Crippen LogP) is 13.4. The Balaban J connectivity index is 1.35. The summed E-state index contributed by atoms with van der Waals surface area (Å²) < 4.78 is 4.78. The van der Waals surface area contributed by atoms with E-state index in [1.54, 1.807) is 12.4 Å². The monoisotopic (exact) mass is 718 g/mol. The second-order valence-electron chi connectivity index (χ2n) is 15.0. The van der Waals surface area contributed by atoms with Crippen LogP contribution in [-0.2, 0) is 0 Å². The first-order valence-electron chi connectivity index (χ1n) is 19.1. The second-order valence-corrected chi connectivity index (χ2v) is 15.0. The first-order valence-corrected chi connectivity index (χ1v) is 19.1. The number of rotatable bonds is 5. The number of hydrogen-bond acceptors (Lipinski definition) is 2. The maximum absolute atomic E-state index is 10.9. The van der Waals surface area contributed by atoms with Crippen LogP contribution >= 0.6 is 0 Å². The Labute approximate surface area is 326 Å². The van der Waals surface area contributed by atoms with Gasteiger partial charge in [0, 0.05) is 39.5 Å². The largest absolute Gasteiger partial charge is 0.307 e. The molecule has 0 saturated carbocycles. The molecule has 10 aromatic rings. The highest BCUT2D eigenvalue weighted by atomic mass is 15.1. The number of para-hydroxylation sites is 2. The zero-order valence-corrected chi connectivity index (χ0v) is 31.8. The van der Waals surface area contributed by atoms with Crippen LogP contribution in [0.1, 0.15) is 27.8 Å². The summed E-state index contributed by atoms with van der Waals surface area (Å²) in [7, 11) is 0. The maximum atomic E-state index is 10.9. The topological polar surface area (TPSA) is 46.5 Å². The molecule has 4 nitrogen and oxygen atoms in total. The van der Waals surface area contributed by atoms with Gasteiger partial charge in [-0.25, -0.2) is 0 Å². The molecule has 3 heterocycles. The van der Waals surface area contributed by atoms with Crippen LogP contribution in [0.2, 0.25) is 0 Å². The first-order chi connectivity index (χ1) is 27.4. The van der Waals surface area contributed by atoms with Gasteiger partial charge in [-0.2, -0.15) is 5.26 Å². The smallest absolute Gasteiger partial charge is 0.0998 e. The zero-order valence-electron chi connectivity index (χ0n) is 31.8. The number of hydrogen-bond donors (Lipinski definition) is 0. The Morgan fingerprint density at radius 3 is 1.41 bits per heavy atom. The van der Waals surface area contributed by atoms with E-state index in [-0.39, 0.29) is 0 Å². The van der Waals surface area contributed by atoms with Gasteiger partial charge in [0.15, 0.2) is 0 Å². The lowest BCUT2D eigenvalue weighted by Gasteiger charge is -2.20. The lowest BCUT2D eigenvalue weighted by Crippen LogP contribution is -2.05. The van der Waals surface area contributed by atoms with Crippen LogP contribution in [-0.4, -0.2) is 14.1 Å². The molecule has 56 heavy (non-hydrogen) atoms. The van der Waals surface area contributed by atoms with Crippen LogP contribution in [0.15, 0.2) is 158 Å². The normalized spacial score (nSPS) is 11.6. The van der Waals surface area contributed by atoms with Crippen molar-refractivity contribution in [2.75, 3.05) is 0 Å². The van der Waals surface area contributed by atoms with Crippen LogP contribution in [0.25, 0.3) is 88.4 Å². The number of aromatic nitrogens is 3. The van der Waals surface area contributed by atoms with Gasteiger partial charge in [-0.3, -0.25) is 4.98 Å². The number of aryl methyl sites for hydroxylation is 4. The molecule has 0 N–H and O–H groups in total. The molecule has 0 aliphatic heterocycles. The molecule has 7 aromatic carbocycles. The van der Waals surface area contributed by atoms with Crippen molar-refractivity contribution >= 4 is 43.6 Å². The molecule has 0 fully saturated rings. The quantitative estimate of drug-likeness (QED) is 0.178. The summed E-state index contributed by atoms with van der Waals surface area (Å²) in [6.07, 6.45) is 3.59. The highest BCUT2D eigenvalue weighted by molar-refractivity contribution is 6.13. The highest BCUT2D eigenvalue weighted by Gasteiger charge is 2.23. The van der Waals surface area contributed by atoms with E-state index in [2.05, 4.69) is 181 Å². The van der Waals surface area contributed by atoms with Crippen LogP contribution in [0, 0.1) is 39.0 Å². The zero-order chi connectivity index (χ0) is 38.1. The van der Waals surface area contributed by atoms with Crippen molar-refractivity contribution in [3.05, 3.63) is 186 Å². The minimum atomic E-state index is 0.600. The van der Waals surface area contributed by atoms with Gasteiger partial charge < -0.3 is 9.13 Å². The van der Waals surface area contributed by atoms with Crippen molar-refractivity contribution in [3.8, 4) is 50.8 Å². The van der Waals surface area contributed by atoms with Gasteiger partial charge in [-0.1, -0.05) is 108 Å². The van der Waals surface area contributed by atoms with Crippen molar-refractivity contribution in [1.29, 1.82) is 5.26 Å². The van der Waals surface area contributed by atoms with Crippen LogP contribution in [0.3, 0.4) is 0 Å². The van der Waals surface area contributed by atoms with Gasteiger partial charge in [0.2, 0.25) is 0 Å². The Hall–Kier alpha value is -7.22. The summed E-state index contributed by atoms with van der Waals surface area (Å²) in [6.45, 7) is 8.66. The van der Waals surface area contributed by atoms with Crippen molar-refractivity contribution in [2.45, 2.75) is 27.7 Å². The number of benzene rings is 7. The molecule has 0 bridgehead atoms.